The molecule has 0 bridgehead atoms. The van der Waals surface area contributed by atoms with Crippen LogP contribution in [0.4, 0.5) is 10.5 Å². The van der Waals surface area contributed by atoms with Gasteiger partial charge < -0.3 is 9.47 Å². The lowest BCUT2D eigenvalue weighted by Gasteiger charge is -2.27. The maximum atomic E-state index is 13.4. The Bertz CT molecular complexity index is 1750. The summed E-state index contributed by atoms with van der Waals surface area (Å²) >= 11 is 10.1. The number of nitrogens with zero attached hydrogens (tertiary/aromatic N) is 1. The summed E-state index contributed by atoms with van der Waals surface area (Å²) in [5.74, 6) is -0.827. The molecule has 0 aromatic heterocycles. The molecule has 1 aliphatic rings. The van der Waals surface area contributed by atoms with Crippen LogP contribution in [0.25, 0.3) is 16.8 Å². The van der Waals surface area contributed by atoms with Crippen LogP contribution in [0.15, 0.2) is 76.8 Å². The zero-order chi connectivity index (χ0) is 29.3. The van der Waals surface area contributed by atoms with Crippen molar-refractivity contribution in [3.63, 3.8) is 0 Å². The Labute approximate surface area is 250 Å². The number of carbonyl (C=O) groups is 3. The lowest BCUT2D eigenvalue weighted by Crippen LogP contribution is -2.54. The summed E-state index contributed by atoms with van der Waals surface area (Å²) < 4.78 is 12.9. The quantitative estimate of drug-likeness (QED) is 0.168. The van der Waals surface area contributed by atoms with Crippen LogP contribution in [0.5, 0.6) is 11.5 Å². The highest BCUT2D eigenvalue weighted by atomic mass is 79.9. The number of barbiturate groups is 1. The van der Waals surface area contributed by atoms with E-state index in [1.165, 1.54) is 6.08 Å². The van der Waals surface area contributed by atoms with Crippen molar-refractivity contribution in [1.29, 1.82) is 0 Å². The maximum absolute atomic E-state index is 13.4. The molecule has 1 fully saturated rings. The Kier molecular flexibility index (Phi) is 8.15. The van der Waals surface area contributed by atoms with Crippen LogP contribution in [0, 0.1) is 13.8 Å². The highest BCUT2D eigenvalue weighted by Crippen LogP contribution is 2.39. The van der Waals surface area contributed by atoms with Crippen molar-refractivity contribution in [3.8, 4) is 11.5 Å². The monoisotopic (exact) mass is 632 g/mol. The molecule has 0 spiro atoms. The average molecular weight is 634 g/mol. The van der Waals surface area contributed by atoms with Gasteiger partial charge in [-0.05, 0) is 84.6 Å². The predicted molar refractivity (Wildman–Crippen MR) is 164 cm³/mol. The molecule has 4 amide bonds. The van der Waals surface area contributed by atoms with Gasteiger partial charge >= 0.3 is 6.03 Å². The number of rotatable bonds is 7. The number of imide groups is 2. The number of hydrogen-bond donors (Lipinski definition) is 1. The van der Waals surface area contributed by atoms with Gasteiger partial charge in [0.1, 0.15) is 12.2 Å². The number of hydrogen-bond acceptors (Lipinski definition) is 5. The molecular formula is C32H26BrClN2O5. The number of carbonyl (C=O) groups excluding carboxylic acids is 3. The Morgan fingerprint density at radius 1 is 0.951 bits per heavy atom. The summed E-state index contributed by atoms with van der Waals surface area (Å²) in [5, 5.41) is 4.70. The third kappa shape index (κ3) is 5.71. The van der Waals surface area contributed by atoms with Crippen LogP contribution >= 0.6 is 27.5 Å². The van der Waals surface area contributed by atoms with Gasteiger partial charge in [0.25, 0.3) is 11.8 Å². The number of benzene rings is 4. The third-order valence-corrected chi connectivity index (χ3v) is 7.55. The van der Waals surface area contributed by atoms with Crippen molar-refractivity contribution in [3.05, 3.63) is 104 Å². The molecule has 208 valence electrons. The summed E-state index contributed by atoms with van der Waals surface area (Å²) in [6, 6.07) is 19.8. The fourth-order valence-electron chi connectivity index (χ4n) is 4.77. The average Bonchev–Trinajstić information content (AvgIpc) is 2.93. The number of aryl methyl sites for hydroxylation is 2. The Morgan fingerprint density at radius 2 is 1.73 bits per heavy atom. The first kappa shape index (κ1) is 28.4. The summed E-state index contributed by atoms with van der Waals surface area (Å²) in [4.78, 5) is 39.8. The van der Waals surface area contributed by atoms with E-state index in [4.69, 9.17) is 21.1 Å². The number of nitrogens with one attached hydrogen (secondary N) is 1. The van der Waals surface area contributed by atoms with Crippen LogP contribution in [0.1, 0.15) is 29.2 Å². The molecule has 1 aliphatic heterocycles. The minimum Gasteiger partial charge on any atom is -0.490 e. The van der Waals surface area contributed by atoms with E-state index < -0.39 is 17.8 Å². The Hall–Kier alpha value is -4.14. The molecular weight excluding hydrogens is 608 g/mol. The van der Waals surface area contributed by atoms with Gasteiger partial charge in [-0.1, -0.05) is 63.9 Å². The zero-order valence-corrected chi connectivity index (χ0v) is 24.9. The van der Waals surface area contributed by atoms with Gasteiger partial charge in [-0.3, -0.25) is 14.9 Å². The number of urea groups is 1. The van der Waals surface area contributed by atoms with Crippen LogP contribution in [-0.2, 0) is 16.2 Å². The van der Waals surface area contributed by atoms with Gasteiger partial charge in [0.05, 0.1) is 17.3 Å². The van der Waals surface area contributed by atoms with Crippen molar-refractivity contribution in [2.75, 3.05) is 11.5 Å². The molecule has 9 heteroatoms. The van der Waals surface area contributed by atoms with Gasteiger partial charge in [0, 0.05) is 10.0 Å². The van der Waals surface area contributed by atoms with Crippen LogP contribution < -0.4 is 19.7 Å². The standard InChI is InChI=1S/C32H26BrClN2O5/c1-4-40-28-16-20(14-24-30(37)35-32(39)36(31(24)38)27-12-11-22(33)13-19(27)3)15-26(34)29(28)41-17-25-18(2)9-10-21-7-5-6-8-23(21)25/h5-16H,4,17H2,1-3H3,(H,35,37,39)/b24-14-. The van der Waals surface area contributed by atoms with Crippen LogP contribution in [0.2, 0.25) is 5.02 Å². The second-order valence-corrected chi connectivity index (χ2v) is 10.8. The normalized spacial score (nSPS) is 14.5. The van der Waals surface area contributed by atoms with Crippen molar-refractivity contribution in [1.82, 2.24) is 5.32 Å². The van der Waals surface area contributed by atoms with E-state index in [0.29, 0.717) is 34.9 Å². The molecule has 7 nitrogen and oxygen atoms in total. The Morgan fingerprint density at radius 3 is 2.49 bits per heavy atom. The topological polar surface area (TPSA) is 84.9 Å². The number of fused-ring (bicyclic) bond motifs is 1. The SMILES string of the molecule is CCOc1cc(/C=C2/C(=O)NC(=O)N(c3ccc(Br)cc3C)C2=O)cc(Cl)c1OCc1c(C)ccc2ccccc12. The van der Waals surface area contributed by atoms with Gasteiger partial charge in [-0.15, -0.1) is 0 Å². The van der Waals surface area contributed by atoms with E-state index in [-0.39, 0.29) is 17.2 Å². The summed E-state index contributed by atoms with van der Waals surface area (Å²) in [6.45, 7) is 6.23. The summed E-state index contributed by atoms with van der Waals surface area (Å²) in [6.07, 6.45) is 1.39. The molecule has 41 heavy (non-hydrogen) atoms. The number of anilines is 1. The number of halogens is 2. The second kappa shape index (κ2) is 11.8. The molecule has 0 atom stereocenters. The number of amides is 4. The van der Waals surface area contributed by atoms with E-state index in [2.05, 4.69) is 45.5 Å². The largest absolute Gasteiger partial charge is 0.490 e. The highest BCUT2D eigenvalue weighted by Gasteiger charge is 2.37. The van der Waals surface area contributed by atoms with E-state index in [0.717, 1.165) is 31.3 Å². The first-order valence-electron chi connectivity index (χ1n) is 12.9. The minimum atomic E-state index is -0.817. The molecule has 1 saturated heterocycles. The zero-order valence-electron chi connectivity index (χ0n) is 22.6. The van der Waals surface area contributed by atoms with Gasteiger partial charge in [0.2, 0.25) is 0 Å². The van der Waals surface area contributed by atoms with Crippen LogP contribution in [0.3, 0.4) is 0 Å². The van der Waals surface area contributed by atoms with Crippen molar-refractivity contribution >= 4 is 67.9 Å². The molecule has 1 N–H and O–H groups in total. The van der Waals surface area contributed by atoms with E-state index >= 15 is 0 Å². The van der Waals surface area contributed by atoms with Crippen molar-refractivity contribution < 1.29 is 23.9 Å². The minimum absolute atomic E-state index is 0.217. The fraction of sp³-hybridized carbons (Fsp3) is 0.156. The van der Waals surface area contributed by atoms with Crippen LogP contribution in [-0.4, -0.2) is 24.5 Å². The number of ether oxygens (including phenoxy) is 2. The predicted octanol–water partition coefficient (Wildman–Crippen LogP) is 7.52. The summed E-state index contributed by atoms with van der Waals surface area (Å²) in [7, 11) is 0. The molecule has 0 unspecified atom stereocenters. The lowest BCUT2D eigenvalue weighted by molar-refractivity contribution is -0.122. The van der Waals surface area contributed by atoms with Gasteiger partial charge in [0.15, 0.2) is 11.5 Å². The maximum Gasteiger partial charge on any atom is 0.335 e. The fourth-order valence-corrected chi connectivity index (χ4v) is 5.52. The van der Waals surface area contributed by atoms with E-state index in [1.807, 2.05) is 26.0 Å². The van der Waals surface area contributed by atoms with Crippen molar-refractivity contribution in [2.45, 2.75) is 27.4 Å². The smallest absolute Gasteiger partial charge is 0.335 e. The third-order valence-electron chi connectivity index (χ3n) is 6.78. The second-order valence-electron chi connectivity index (χ2n) is 9.52. The van der Waals surface area contributed by atoms with Crippen molar-refractivity contribution in [2.24, 2.45) is 0 Å². The van der Waals surface area contributed by atoms with E-state index in [9.17, 15) is 14.4 Å². The molecule has 5 rings (SSSR count). The van der Waals surface area contributed by atoms with Gasteiger partial charge in [-0.2, -0.15) is 0 Å². The molecule has 0 aliphatic carbocycles. The first-order valence-corrected chi connectivity index (χ1v) is 14.1. The van der Waals surface area contributed by atoms with E-state index in [1.54, 1.807) is 37.3 Å². The first-order chi connectivity index (χ1) is 19.7. The lowest BCUT2D eigenvalue weighted by atomic mass is 10.0. The molecule has 0 saturated carbocycles. The molecule has 4 aromatic carbocycles. The molecule has 4 aromatic rings. The molecule has 1 heterocycles. The van der Waals surface area contributed by atoms with Gasteiger partial charge in [-0.25, -0.2) is 9.69 Å². The highest BCUT2D eigenvalue weighted by molar-refractivity contribution is 9.10. The molecule has 0 radical (unpaired) electrons. The summed E-state index contributed by atoms with van der Waals surface area (Å²) in [5.41, 5.74) is 3.39. The Balaban J connectivity index is 1.48.